The van der Waals surface area contributed by atoms with Crippen LogP contribution in [0.4, 0.5) is 0 Å². The largest absolute Gasteiger partial charge is 0.450 e. The Morgan fingerprint density at radius 1 is 1.00 bits per heavy atom. The summed E-state index contributed by atoms with van der Waals surface area (Å²) in [5.74, 6) is -1.61. The quantitative estimate of drug-likeness (QED) is 0.488. The molecule has 1 unspecified atom stereocenters. The Labute approximate surface area is 184 Å². The summed E-state index contributed by atoms with van der Waals surface area (Å²) in [6.45, 7) is 11.7. The maximum absolute atomic E-state index is 13.1. The molecule has 2 saturated carbocycles. The summed E-state index contributed by atoms with van der Waals surface area (Å²) in [5, 5.41) is 0. The molecule has 2 aliphatic carbocycles. The first-order valence-corrected chi connectivity index (χ1v) is 11.6. The van der Waals surface area contributed by atoms with E-state index in [9.17, 15) is 14.4 Å². The highest BCUT2D eigenvalue weighted by Gasteiger charge is 2.70. The van der Waals surface area contributed by atoms with Gasteiger partial charge in [-0.25, -0.2) is 4.79 Å². The topological polar surface area (TPSA) is 88.1 Å². The minimum absolute atomic E-state index is 0.00155. The first-order valence-electron chi connectivity index (χ1n) is 11.6. The molecule has 2 aliphatic heterocycles. The highest BCUT2D eigenvalue weighted by Crippen LogP contribution is 2.66. The zero-order chi connectivity index (χ0) is 22.8. The van der Waals surface area contributed by atoms with Crippen LogP contribution in [0.15, 0.2) is 0 Å². The lowest BCUT2D eigenvalue weighted by Crippen LogP contribution is -2.64. The predicted octanol–water partition coefficient (Wildman–Crippen LogP) is 3.98. The number of carbonyl (C=O) groups excluding carboxylic acids is 3. The minimum Gasteiger partial charge on any atom is -0.450 e. The molecule has 0 aromatic rings. The number of hydrogen-bond acceptors (Lipinski definition) is 7. The standard InChI is InChI=1S/C24H36O7/c1-13(25)28-18-19(27)30-21-17-15(20(31-21)29-14(2)26)8-9-16(24(17,18)6)23(5)11-7-10-22(3,4)12-23/h15-18,20-21H,7-12H2,1-6H3/t15-,16-,17+,18-,20-,21?,23+,24-/m1/s1. The van der Waals surface area contributed by atoms with E-state index in [4.69, 9.17) is 18.9 Å². The normalized spacial score (nSPS) is 45.9. The Morgan fingerprint density at radius 3 is 2.29 bits per heavy atom. The molecular weight excluding hydrogens is 400 g/mol. The molecule has 2 heterocycles. The van der Waals surface area contributed by atoms with Crippen LogP contribution in [0, 0.1) is 34.0 Å². The van der Waals surface area contributed by atoms with Gasteiger partial charge >= 0.3 is 17.9 Å². The first-order chi connectivity index (χ1) is 14.4. The summed E-state index contributed by atoms with van der Waals surface area (Å²) >= 11 is 0. The van der Waals surface area contributed by atoms with Gasteiger partial charge in [0.1, 0.15) is 0 Å². The van der Waals surface area contributed by atoms with E-state index in [-0.39, 0.29) is 28.6 Å². The van der Waals surface area contributed by atoms with Crippen molar-refractivity contribution in [1.82, 2.24) is 0 Å². The third-order valence-corrected chi connectivity index (χ3v) is 8.53. The number of hydrogen-bond donors (Lipinski definition) is 0. The van der Waals surface area contributed by atoms with E-state index in [1.54, 1.807) is 0 Å². The molecule has 174 valence electrons. The second-order valence-electron chi connectivity index (χ2n) is 11.4. The molecule has 2 saturated heterocycles. The summed E-state index contributed by atoms with van der Waals surface area (Å²) in [7, 11) is 0. The van der Waals surface area contributed by atoms with Crippen molar-refractivity contribution >= 4 is 17.9 Å². The summed E-state index contributed by atoms with van der Waals surface area (Å²) in [4.78, 5) is 36.8. The highest BCUT2D eigenvalue weighted by atomic mass is 16.8. The van der Waals surface area contributed by atoms with Crippen LogP contribution in [0.5, 0.6) is 0 Å². The lowest BCUT2D eigenvalue weighted by Gasteiger charge is -2.60. The fraction of sp³-hybridized carbons (Fsp3) is 0.875. The van der Waals surface area contributed by atoms with Gasteiger partial charge in [-0.15, -0.1) is 0 Å². The predicted molar refractivity (Wildman–Crippen MR) is 110 cm³/mol. The van der Waals surface area contributed by atoms with Crippen molar-refractivity contribution in [3.63, 3.8) is 0 Å². The van der Waals surface area contributed by atoms with E-state index in [1.165, 1.54) is 20.3 Å². The van der Waals surface area contributed by atoms with Crippen molar-refractivity contribution in [1.29, 1.82) is 0 Å². The second-order valence-corrected chi connectivity index (χ2v) is 11.4. The molecule has 4 fully saturated rings. The van der Waals surface area contributed by atoms with Crippen LogP contribution < -0.4 is 0 Å². The molecule has 0 radical (unpaired) electrons. The van der Waals surface area contributed by atoms with E-state index < -0.39 is 42.0 Å². The van der Waals surface area contributed by atoms with Crippen LogP contribution >= 0.6 is 0 Å². The van der Waals surface area contributed by atoms with Crippen molar-refractivity contribution in [2.45, 2.75) is 98.8 Å². The monoisotopic (exact) mass is 436 g/mol. The van der Waals surface area contributed by atoms with Gasteiger partial charge in [-0.3, -0.25) is 9.59 Å². The van der Waals surface area contributed by atoms with Gasteiger partial charge in [0, 0.05) is 31.1 Å². The van der Waals surface area contributed by atoms with E-state index >= 15 is 0 Å². The van der Waals surface area contributed by atoms with Crippen molar-refractivity contribution in [3.05, 3.63) is 0 Å². The van der Waals surface area contributed by atoms with Crippen LogP contribution in [0.1, 0.15) is 80.1 Å². The van der Waals surface area contributed by atoms with Crippen molar-refractivity contribution < 1.29 is 33.3 Å². The van der Waals surface area contributed by atoms with Crippen molar-refractivity contribution in [2.24, 2.45) is 34.0 Å². The third-order valence-electron chi connectivity index (χ3n) is 8.53. The summed E-state index contributed by atoms with van der Waals surface area (Å²) in [6, 6.07) is 0. The SMILES string of the molecule is CC(=O)O[C@@H]1OC2OC(=O)[C@@H](OC(C)=O)[C@@]3(C)[C@H]2[C@H]1CC[C@@H]3[C@@]1(C)CCCC(C)(C)C1. The van der Waals surface area contributed by atoms with Crippen LogP contribution in [0.3, 0.4) is 0 Å². The molecule has 7 nitrogen and oxygen atoms in total. The van der Waals surface area contributed by atoms with Crippen LogP contribution in [-0.4, -0.2) is 36.6 Å². The lowest BCUT2D eigenvalue weighted by molar-refractivity contribution is -0.261. The molecule has 0 aromatic heterocycles. The third kappa shape index (κ3) is 3.66. The van der Waals surface area contributed by atoms with Crippen molar-refractivity contribution in [3.8, 4) is 0 Å². The zero-order valence-corrected chi connectivity index (χ0v) is 19.6. The second kappa shape index (κ2) is 7.46. The molecule has 4 rings (SSSR count). The van der Waals surface area contributed by atoms with Gasteiger partial charge in [0.25, 0.3) is 0 Å². The number of carbonyl (C=O) groups is 3. The smallest absolute Gasteiger partial charge is 0.350 e. The zero-order valence-electron chi connectivity index (χ0n) is 19.6. The molecule has 0 N–H and O–H groups in total. The average Bonchev–Trinajstić information content (AvgIpc) is 2.95. The van der Waals surface area contributed by atoms with Crippen molar-refractivity contribution in [2.75, 3.05) is 0 Å². The molecule has 0 bridgehead atoms. The summed E-state index contributed by atoms with van der Waals surface area (Å²) in [6.07, 6.45) is 3.63. The molecule has 4 aliphatic rings. The summed E-state index contributed by atoms with van der Waals surface area (Å²) < 4.78 is 22.7. The van der Waals surface area contributed by atoms with Gasteiger partial charge in [0.15, 0.2) is 0 Å². The van der Waals surface area contributed by atoms with E-state index in [0.29, 0.717) is 0 Å². The minimum atomic E-state index is -0.986. The first kappa shape index (κ1) is 22.6. The number of rotatable bonds is 3. The average molecular weight is 437 g/mol. The number of esters is 3. The Hall–Kier alpha value is -1.63. The van der Waals surface area contributed by atoms with Gasteiger partial charge < -0.3 is 18.9 Å². The maximum Gasteiger partial charge on any atom is 0.350 e. The fourth-order valence-electron chi connectivity index (χ4n) is 7.81. The van der Waals surface area contributed by atoms with Gasteiger partial charge in [-0.2, -0.15) is 0 Å². The Bertz CT molecular complexity index is 776. The van der Waals surface area contributed by atoms with Gasteiger partial charge in [0.2, 0.25) is 18.7 Å². The van der Waals surface area contributed by atoms with E-state index in [2.05, 4.69) is 27.7 Å². The molecule has 0 aromatic carbocycles. The van der Waals surface area contributed by atoms with E-state index in [0.717, 1.165) is 32.1 Å². The number of ether oxygens (including phenoxy) is 4. The maximum atomic E-state index is 13.1. The molecule has 0 amide bonds. The van der Waals surface area contributed by atoms with Gasteiger partial charge in [-0.1, -0.05) is 34.1 Å². The fourth-order valence-corrected chi connectivity index (χ4v) is 7.81. The Kier molecular flexibility index (Phi) is 5.43. The van der Waals surface area contributed by atoms with Gasteiger partial charge in [0.05, 0.1) is 0 Å². The van der Waals surface area contributed by atoms with Crippen LogP contribution in [-0.2, 0) is 33.3 Å². The van der Waals surface area contributed by atoms with E-state index in [1.807, 2.05) is 0 Å². The molecule has 0 spiro atoms. The van der Waals surface area contributed by atoms with Gasteiger partial charge in [-0.05, 0) is 48.9 Å². The van der Waals surface area contributed by atoms with Crippen LogP contribution in [0.2, 0.25) is 0 Å². The molecule has 31 heavy (non-hydrogen) atoms. The highest BCUT2D eigenvalue weighted by molar-refractivity contribution is 5.80. The summed E-state index contributed by atoms with van der Waals surface area (Å²) in [5.41, 5.74) is -0.439. The molecule has 8 atom stereocenters. The Morgan fingerprint density at radius 2 is 1.68 bits per heavy atom. The Balaban J connectivity index is 1.77. The molecular formula is C24H36O7. The lowest BCUT2D eigenvalue weighted by atomic mass is 9.45. The molecule has 7 heteroatoms. The van der Waals surface area contributed by atoms with Crippen LogP contribution in [0.25, 0.3) is 0 Å².